The number of nitrogens with zero attached hydrogens (tertiary/aromatic N) is 2. The Morgan fingerprint density at radius 1 is 1.24 bits per heavy atom. The van der Waals surface area contributed by atoms with Crippen LogP contribution >= 0.6 is 11.6 Å². The van der Waals surface area contributed by atoms with Crippen LogP contribution in [0, 0.1) is 23.1 Å². The van der Waals surface area contributed by atoms with Gasteiger partial charge in [0.1, 0.15) is 11.6 Å². The van der Waals surface area contributed by atoms with Crippen LogP contribution in [0.4, 0.5) is 10.1 Å². The molecule has 7 heteroatoms. The fourth-order valence-corrected chi connectivity index (χ4v) is 3.84. The zero-order chi connectivity index (χ0) is 21.1. The molecule has 148 valence electrons. The zero-order valence-electron chi connectivity index (χ0n) is 16.2. The molecule has 0 fully saturated rings. The molecule has 3 rings (SSSR count). The number of hydrogen-bond acceptors (Lipinski definition) is 4. The standard InChI is InChI=1S/C22H19ClFN3O2/c1-12-14(11-25)20(21-15(23)7-6-8-16(21)24)19(13(2)26-12)22(28)27-17-9-4-5-10-18(17)29-3/h4-10,14,20H,1-3H3,(H,27,28). The summed E-state index contributed by atoms with van der Waals surface area (Å²) in [6, 6.07) is 13.4. The normalized spacial score (nSPS) is 18.7. The average Bonchev–Trinajstić information content (AvgIpc) is 2.68. The molecule has 0 radical (unpaired) electrons. The van der Waals surface area contributed by atoms with Crippen LogP contribution in [0.5, 0.6) is 5.75 Å². The Hall–Kier alpha value is -3.17. The Bertz CT molecular complexity index is 1050. The van der Waals surface area contributed by atoms with Crippen molar-refractivity contribution in [1.82, 2.24) is 0 Å². The third-order valence-corrected chi connectivity index (χ3v) is 5.21. The summed E-state index contributed by atoms with van der Waals surface area (Å²) in [6.07, 6.45) is 0. The van der Waals surface area contributed by atoms with E-state index in [1.165, 1.54) is 19.2 Å². The first kappa shape index (κ1) is 20.6. The highest BCUT2D eigenvalue weighted by atomic mass is 35.5. The predicted octanol–water partition coefficient (Wildman–Crippen LogP) is 5.10. The van der Waals surface area contributed by atoms with E-state index in [1.54, 1.807) is 44.2 Å². The van der Waals surface area contributed by atoms with Crippen LogP contribution in [0.25, 0.3) is 0 Å². The van der Waals surface area contributed by atoms with E-state index in [4.69, 9.17) is 16.3 Å². The second-order valence-corrected chi connectivity index (χ2v) is 7.03. The number of methoxy groups -OCH3 is 1. The summed E-state index contributed by atoms with van der Waals surface area (Å²) in [7, 11) is 1.50. The maximum Gasteiger partial charge on any atom is 0.254 e. The van der Waals surface area contributed by atoms with Crippen LogP contribution < -0.4 is 10.1 Å². The molecule has 2 atom stereocenters. The third kappa shape index (κ3) is 3.87. The van der Waals surface area contributed by atoms with Gasteiger partial charge < -0.3 is 10.1 Å². The molecular weight excluding hydrogens is 393 g/mol. The first-order valence-electron chi connectivity index (χ1n) is 8.92. The zero-order valence-corrected chi connectivity index (χ0v) is 16.9. The second kappa shape index (κ2) is 8.46. The number of carbonyl (C=O) groups is 1. The number of carbonyl (C=O) groups excluding carboxylic acids is 1. The van der Waals surface area contributed by atoms with Gasteiger partial charge in [0.05, 0.1) is 24.8 Å². The van der Waals surface area contributed by atoms with E-state index in [2.05, 4.69) is 16.4 Å². The number of rotatable bonds is 4. The van der Waals surface area contributed by atoms with E-state index in [0.717, 1.165) is 0 Å². The lowest BCUT2D eigenvalue weighted by molar-refractivity contribution is -0.113. The van der Waals surface area contributed by atoms with Crippen LogP contribution in [-0.2, 0) is 4.79 Å². The fourth-order valence-electron chi connectivity index (χ4n) is 3.56. The quantitative estimate of drug-likeness (QED) is 0.760. The number of anilines is 1. The van der Waals surface area contributed by atoms with Crippen molar-refractivity contribution in [2.24, 2.45) is 10.9 Å². The summed E-state index contributed by atoms with van der Waals surface area (Å²) in [5.74, 6) is -2.31. The number of nitrogens with one attached hydrogen (secondary N) is 1. The molecule has 0 aliphatic carbocycles. The number of aliphatic imine (C=N–C) groups is 1. The summed E-state index contributed by atoms with van der Waals surface area (Å²) in [6.45, 7) is 3.35. The first-order valence-corrected chi connectivity index (χ1v) is 9.30. The van der Waals surface area contributed by atoms with Gasteiger partial charge in [-0.15, -0.1) is 0 Å². The highest BCUT2D eigenvalue weighted by Crippen LogP contribution is 2.43. The Balaban J connectivity index is 2.13. The van der Waals surface area contributed by atoms with Crippen molar-refractivity contribution in [3.8, 4) is 11.8 Å². The summed E-state index contributed by atoms with van der Waals surface area (Å²) < 4.78 is 20.1. The maximum atomic E-state index is 14.8. The molecule has 1 aliphatic heterocycles. The second-order valence-electron chi connectivity index (χ2n) is 6.63. The lowest BCUT2D eigenvalue weighted by Crippen LogP contribution is -2.32. The minimum Gasteiger partial charge on any atom is -0.495 e. The van der Waals surface area contributed by atoms with Gasteiger partial charge in [0.15, 0.2) is 0 Å². The molecule has 29 heavy (non-hydrogen) atoms. The van der Waals surface area contributed by atoms with E-state index in [-0.39, 0.29) is 16.2 Å². The Morgan fingerprint density at radius 3 is 2.62 bits per heavy atom. The molecule has 1 heterocycles. The topological polar surface area (TPSA) is 74.5 Å². The van der Waals surface area contributed by atoms with Gasteiger partial charge in [-0.3, -0.25) is 9.79 Å². The predicted molar refractivity (Wildman–Crippen MR) is 111 cm³/mol. The molecule has 1 amide bonds. The number of amides is 1. The summed E-state index contributed by atoms with van der Waals surface area (Å²) in [5.41, 5.74) is 1.67. The molecule has 2 unspecified atom stereocenters. The molecule has 0 saturated carbocycles. The Kier molecular flexibility index (Phi) is 6.00. The molecule has 1 aliphatic rings. The molecule has 2 aromatic rings. The van der Waals surface area contributed by atoms with Crippen molar-refractivity contribution in [1.29, 1.82) is 5.26 Å². The van der Waals surface area contributed by atoms with E-state index >= 15 is 0 Å². The Labute approximate surface area is 173 Å². The minimum atomic E-state index is -0.888. The SMILES string of the molecule is COc1ccccc1NC(=O)C1=C(C)N=C(C)C(C#N)C1c1c(F)cccc1Cl. The highest BCUT2D eigenvalue weighted by Gasteiger charge is 2.39. The number of ether oxygens (including phenoxy) is 1. The monoisotopic (exact) mass is 411 g/mol. The lowest BCUT2D eigenvalue weighted by Gasteiger charge is -2.30. The van der Waals surface area contributed by atoms with Crippen molar-refractivity contribution in [3.05, 3.63) is 70.1 Å². The highest BCUT2D eigenvalue weighted by molar-refractivity contribution is 6.31. The van der Waals surface area contributed by atoms with Gasteiger partial charge in [-0.25, -0.2) is 4.39 Å². The van der Waals surface area contributed by atoms with E-state index < -0.39 is 23.6 Å². The summed E-state index contributed by atoms with van der Waals surface area (Å²) in [4.78, 5) is 17.6. The third-order valence-electron chi connectivity index (χ3n) is 4.88. The van der Waals surface area contributed by atoms with E-state index in [0.29, 0.717) is 22.8 Å². The molecule has 0 spiro atoms. The van der Waals surface area contributed by atoms with Crippen molar-refractivity contribution >= 4 is 28.9 Å². The number of allylic oxidation sites excluding steroid dienone is 1. The lowest BCUT2D eigenvalue weighted by atomic mass is 9.76. The fraction of sp³-hybridized carbons (Fsp3) is 0.227. The van der Waals surface area contributed by atoms with Gasteiger partial charge in [0.2, 0.25) is 0 Å². The molecule has 2 aromatic carbocycles. The molecular formula is C22H19ClFN3O2. The summed E-state index contributed by atoms with van der Waals surface area (Å²) >= 11 is 6.29. The van der Waals surface area contributed by atoms with Gasteiger partial charge in [0, 0.05) is 33.5 Å². The van der Waals surface area contributed by atoms with Crippen LogP contribution in [0.1, 0.15) is 25.3 Å². The van der Waals surface area contributed by atoms with Crippen molar-refractivity contribution in [3.63, 3.8) is 0 Å². The van der Waals surface area contributed by atoms with Crippen LogP contribution in [0.3, 0.4) is 0 Å². The molecule has 0 bridgehead atoms. The molecule has 5 nitrogen and oxygen atoms in total. The van der Waals surface area contributed by atoms with E-state index in [1.807, 2.05) is 0 Å². The van der Waals surface area contributed by atoms with Crippen LogP contribution in [0.2, 0.25) is 5.02 Å². The van der Waals surface area contributed by atoms with Gasteiger partial charge >= 0.3 is 0 Å². The van der Waals surface area contributed by atoms with Crippen LogP contribution in [0.15, 0.2) is 58.7 Å². The van der Waals surface area contributed by atoms with Crippen molar-refractivity contribution in [2.45, 2.75) is 19.8 Å². The Morgan fingerprint density at radius 2 is 1.97 bits per heavy atom. The van der Waals surface area contributed by atoms with Gasteiger partial charge in [-0.05, 0) is 38.1 Å². The van der Waals surface area contributed by atoms with Crippen molar-refractivity contribution in [2.75, 3.05) is 12.4 Å². The molecule has 0 aromatic heterocycles. The van der Waals surface area contributed by atoms with Gasteiger partial charge in [0.25, 0.3) is 5.91 Å². The first-order chi connectivity index (χ1) is 13.9. The van der Waals surface area contributed by atoms with Crippen molar-refractivity contribution < 1.29 is 13.9 Å². The molecule has 0 saturated heterocycles. The number of benzene rings is 2. The van der Waals surface area contributed by atoms with Gasteiger partial charge in [-0.2, -0.15) is 5.26 Å². The van der Waals surface area contributed by atoms with Crippen LogP contribution in [-0.4, -0.2) is 18.7 Å². The largest absolute Gasteiger partial charge is 0.495 e. The van der Waals surface area contributed by atoms with Gasteiger partial charge in [-0.1, -0.05) is 29.8 Å². The maximum absolute atomic E-state index is 14.8. The average molecular weight is 412 g/mol. The van der Waals surface area contributed by atoms with E-state index in [9.17, 15) is 14.4 Å². The number of halogens is 2. The number of hydrogen-bond donors (Lipinski definition) is 1. The number of nitriles is 1. The smallest absolute Gasteiger partial charge is 0.254 e. The number of para-hydroxylation sites is 2. The summed E-state index contributed by atoms with van der Waals surface area (Å²) in [5, 5.41) is 12.7. The molecule has 1 N–H and O–H groups in total. The minimum absolute atomic E-state index is 0.111.